The molecule has 0 radical (unpaired) electrons. The Hall–Kier alpha value is -5.00. The SMILES string of the molecule is COC(=O)C1=C(C)N=c2s/c(=C\c3cn(CC(=O)Nc4ccc(F)cc4)c4ccccc34)c(=O)n2[C@H]1c1cc(Cl)ccc1OC. The Kier molecular flexibility index (Phi) is 8.13. The van der Waals surface area contributed by atoms with Gasteiger partial charge in [-0.25, -0.2) is 14.2 Å². The summed E-state index contributed by atoms with van der Waals surface area (Å²) in [5.41, 5.74) is 2.72. The van der Waals surface area contributed by atoms with E-state index < -0.39 is 17.8 Å². The highest BCUT2D eigenvalue weighted by Crippen LogP contribution is 2.37. The number of carbonyl (C=O) groups excluding carboxylic acids is 2. The van der Waals surface area contributed by atoms with E-state index in [1.54, 1.807) is 42.0 Å². The number of methoxy groups -OCH3 is 2. The van der Waals surface area contributed by atoms with Crippen LogP contribution in [-0.4, -0.2) is 35.2 Å². The molecule has 3 aromatic carbocycles. The lowest BCUT2D eigenvalue weighted by atomic mass is 9.95. The Labute approximate surface area is 265 Å². The fourth-order valence-electron chi connectivity index (χ4n) is 5.46. The number of aromatic nitrogens is 2. The molecule has 0 unspecified atom stereocenters. The van der Waals surface area contributed by atoms with Gasteiger partial charge in [0.2, 0.25) is 5.91 Å². The van der Waals surface area contributed by atoms with Gasteiger partial charge in [0.1, 0.15) is 24.2 Å². The van der Waals surface area contributed by atoms with Gasteiger partial charge in [-0.3, -0.25) is 14.2 Å². The molecule has 6 rings (SSSR count). The average Bonchev–Trinajstić information content (AvgIpc) is 3.53. The summed E-state index contributed by atoms with van der Waals surface area (Å²) in [4.78, 5) is 45.1. The van der Waals surface area contributed by atoms with Crippen LogP contribution in [0.3, 0.4) is 0 Å². The molecular formula is C33H26ClFN4O5S. The van der Waals surface area contributed by atoms with Crippen molar-refractivity contribution in [2.45, 2.75) is 19.5 Å². The van der Waals surface area contributed by atoms with E-state index in [-0.39, 0.29) is 23.6 Å². The third kappa shape index (κ3) is 5.67. The molecule has 0 fully saturated rings. The number of benzene rings is 3. The van der Waals surface area contributed by atoms with Crippen molar-refractivity contribution in [1.29, 1.82) is 0 Å². The number of para-hydroxylation sites is 1. The van der Waals surface area contributed by atoms with Crippen LogP contribution in [0.5, 0.6) is 5.75 Å². The first kappa shape index (κ1) is 30.0. The van der Waals surface area contributed by atoms with Crippen LogP contribution in [0.15, 0.2) is 94.0 Å². The number of ether oxygens (including phenoxy) is 2. The van der Waals surface area contributed by atoms with Crippen LogP contribution in [-0.2, 0) is 20.9 Å². The molecule has 12 heteroatoms. The number of carbonyl (C=O) groups is 2. The molecule has 0 aliphatic carbocycles. The van der Waals surface area contributed by atoms with E-state index in [9.17, 15) is 18.8 Å². The second-order valence-corrected chi connectivity index (χ2v) is 11.7. The summed E-state index contributed by atoms with van der Waals surface area (Å²) < 4.78 is 27.6. The zero-order valence-corrected chi connectivity index (χ0v) is 25.9. The van der Waals surface area contributed by atoms with E-state index in [1.165, 1.54) is 54.4 Å². The van der Waals surface area contributed by atoms with Gasteiger partial charge in [-0.1, -0.05) is 41.1 Å². The van der Waals surface area contributed by atoms with Crippen LogP contribution >= 0.6 is 22.9 Å². The van der Waals surface area contributed by atoms with E-state index in [2.05, 4.69) is 10.3 Å². The smallest absolute Gasteiger partial charge is 0.338 e. The van der Waals surface area contributed by atoms with Gasteiger partial charge in [0.15, 0.2) is 4.80 Å². The molecule has 0 saturated heterocycles. The third-order valence-electron chi connectivity index (χ3n) is 7.46. The van der Waals surface area contributed by atoms with Crippen LogP contribution < -0.4 is 24.9 Å². The summed E-state index contributed by atoms with van der Waals surface area (Å²) >= 11 is 7.55. The number of rotatable bonds is 7. The van der Waals surface area contributed by atoms with Crippen LogP contribution in [0.4, 0.5) is 10.1 Å². The van der Waals surface area contributed by atoms with E-state index >= 15 is 0 Å². The summed E-state index contributed by atoms with van der Waals surface area (Å²) in [6.07, 6.45) is 3.56. The van der Waals surface area contributed by atoms with Crippen molar-refractivity contribution in [1.82, 2.24) is 9.13 Å². The first-order valence-electron chi connectivity index (χ1n) is 13.8. The second kappa shape index (κ2) is 12.2. The molecule has 1 aliphatic rings. The molecule has 1 aliphatic heterocycles. The standard InChI is InChI=1S/C33H26ClFN4O5S/c1-18-29(32(42)44-3)30(24-15-20(34)8-13-26(24)43-2)39-31(41)27(45-33(39)36-18)14-19-16-38(25-7-5-4-6-23(19)25)17-28(40)37-22-11-9-21(35)10-12-22/h4-16,30H,17H2,1-3H3,(H,37,40)/b27-14-/t30-/m0/s1. The van der Waals surface area contributed by atoms with Gasteiger partial charge in [0.05, 0.1) is 30.0 Å². The summed E-state index contributed by atoms with van der Waals surface area (Å²) in [6, 6.07) is 17.2. The molecule has 9 nitrogen and oxygen atoms in total. The number of esters is 1. The van der Waals surface area contributed by atoms with E-state index in [1.807, 2.05) is 24.3 Å². The largest absolute Gasteiger partial charge is 0.496 e. The highest BCUT2D eigenvalue weighted by molar-refractivity contribution is 7.07. The van der Waals surface area contributed by atoms with E-state index in [0.717, 1.165) is 10.9 Å². The Morgan fingerprint density at radius 1 is 1.11 bits per heavy atom. The molecule has 228 valence electrons. The minimum atomic E-state index is -0.902. The minimum absolute atomic E-state index is 0.0107. The third-order valence-corrected chi connectivity index (χ3v) is 8.68. The number of hydrogen-bond donors (Lipinski definition) is 1. The van der Waals surface area contributed by atoms with Gasteiger partial charge in [-0.2, -0.15) is 0 Å². The Morgan fingerprint density at radius 3 is 2.60 bits per heavy atom. The lowest BCUT2D eigenvalue weighted by Crippen LogP contribution is -2.40. The van der Waals surface area contributed by atoms with Crippen molar-refractivity contribution in [2.75, 3.05) is 19.5 Å². The van der Waals surface area contributed by atoms with Crippen molar-refractivity contribution in [2.24, 2.45) is 4.99 Å². The minimum Gasteiger partial charge on any atom is -0.496 e. The lowest BCUT2D eigenvalue weighted by Gasteiger charge is -2.25. The predicted octanol–water partition coefficient (Wildman–Crippen LogP) is 4.80. The molecule has 1 amide bonds. The summed E-state index contributed by atoms with van der Waals surface area (Å²) in [5.74, 6) is -0.875. The molecule has 0 spiro atoms. The first-order chi connectivity index (χ1) is 21.7. The molecule has 1 atom stereocenters. The maximum Gasteiger partial charge on any atom is 0.338 e. The highest BCUT2D eigenvalue weighted by Gasteiger charge is 2.35. The van der Waals surface area contributed by atoms with Gasteiger partial charge in [0, 0.05) is 38.9 Å². The maximum atomic E-state index is 14.1. The zero-order valence-electron chi connectivity index (χ0n) is 24.3. The van der Waals surface area contributed by atoms with E-state index in [0.29, 0.717) is 42.6 Å². The van der Waals surface area contributed by atoms with Crippen LogP contribution in [0, 0.1) is 5.82 Å². The fraction of sp³-hybridized carbons (Fsp3) is 0.152. The zero-order chi connectivity index (χ0) is 31.8. The predicted molar refractivity (Wildman–Crippen MR) is 171 cm³/mol. The van der Waals surface area contributed by atoms with Crippen LogP contribution in [0.2, 0.25) is 5.02 Å². The van der Waals surface area contributed by atoms with Gasteiger partial charge >= 0.3 is 5.97 Å². The number of thiazole rings is 1. The van der Waals surface area contributed by atoms with E-state index in [4.69, 9.17) is 21.1 Å². The molecule has 45 heavy (non-hydrogen) atoms. The first-order valence-corrected chi connectivity index (χ1v) is 15.0. The van der Waals surface area contributed by atoms with Crippen LogP contribution in [0.1, 0.15) is 24.1 Å². The number of hydrogen-bond acceptors (Lipinski definition) is 7. The van der Waals surface area contributed by atoms with Gasteiger partial charge in [-0.15, -0.1) is 0 Å². The molecule has 1 N–H and O–H groups in total. The number of amides is 1. The van der Waals surface area contributed by atoms with Crippen molar-refractivity contribution in [3.05, 3.63) is 126 Å². The van der Waals surface area contributed by atoms with Crippen molar-refractivity contribution >= 4 is 57.5 Å². The molecule has 2 aromatic heterocycles. The topological polar surface area (TPSA) is 104 Å². The number of nitrogens with zero attached hydrogens (tertiary/aromatic N) is 3. The molecule has 0 saturated carbocycles. The van der Waals surface area contributed by atoms with Crippen molar-refractivity contribution < 1.29 is 23.5 Å². The van der Waals surface area contributed by atoms with Crippen molar-refractivity contribution in [3.63, 3.8) is 0 Å². The number of allylic oxidation sites excluding steroid dienone is 1. The average molecular weight is 645 g/mol. The van der Waals surface area contributed by atoms with Gasteiger partial charge in [-0.05, 0) is 61.5 Å². The number of anilines is 1. The summed E-state index contributed by atoms with van der Waals surface area (Å²) in [6.45, 7) is 1.68. The molecule has 3 heterocycles. The normalized spacial score (nSPS) is 14.7. The number of fused-ring (bicyclic) bond motifs is 2. The second-order valence-electron chi connectivity index (χ2n) is 10.2. The number of nitrogens with one attached hydrogen (secondary N) is 1. The summed E-state index contributed by atoms with van der Waals surface area (Å²) in [5, 5.41) is 4.01. The van der Waals surface area contributed by atoms with Gasteiger partial charge < -0.3 is 19.4 Å². The van der Waals surface area contributed by atoms with Crippen molar-refractivity contribution in [3.8, 4) is 5.75 Å². The quantitative estimate of drug-likeness (QED) is 0.256. The lowest BCUT2D eigenvalue weighted by molar-refractivity contribution is -0.136. The Morgan fingerprint density at radius 2 is 1.87 bits per heavy atom. The monoisotopic (exact) mass is 644 g/mol. The Balaban J connectivity index is 1.46. The summed E-state index contributed by atoms with van der Waals surface area (Å²) in [7, 11) is 2.77. The fourth-order valence-corrected chi connectivity index (χ4v) is 6.67. The maximum absolute atomic E-state index is 14.1. The molecule has 5 aromatic rings. The Bertz CT molecular complexity index is 2200. The molecular weight excluding hydrogens is 619 g/mol. The highest BCUT2D eigenvalue weighted by atomic mass is 35.5. The van der Waals surface area contributed by atoms with Gasteiger partial charge in [0.25, 0.3) is 5.56 Å². The number of halogens is 2. The molecule has 0 bridgehead atoms. The van der Waals surface area contributed by atoms with Crippen LogP contribution in [0.25, 0.3) is 17.0 Å².